The van der Waals surface area contributed by atoms with E-state index in [2.05, 4.69) is 7.05 Å². The summed E-state index contributed by atoms with van der Waals surface area (Å²) in [4.78, 5) is 1.83. The molecule has 0 atom stereocenters. The fraction of sp³-hybridized carbons (Fsp3) is 0.125. The van der Waals surface area contributed by atoms with Gasteiger partial charge in [-0.2, -0.15) is 0 Å². The van der Waals surface area contributed by atoms with Gasteiger partial charge in [-0.25, -0.2) is 0 Å². The second-order valence-electron chi connectivity index (χ2n) is 2.03. The van der Waals surface area contributed by atoms with Crippen LogP contribution in [-0.4, -0.2) is 7.05 Å². The summed E-state index contributed by atoms with van der Waals surface area (Å²) in [7, 11) is 5.67. The molecule has 0 aliphatic rings. The first kappa shape index (κ1) is 10.1. The summed E-state index contributed by atoms with van der Waals surface area (Å²) < 4.78 is 0. The Hall–Kier alpha value is 0.124. The number of benzene rings is 1. The van der Waals surface area contributed by atoms with E-state index < -0.39 is 0 Å². The van der Waals surface area contributed by atoms with E-state index >= 15 is 0 Å². The Morgan fingerprint density at radius 1 is 1.20 bits per heavy atom. The molecule has 1 nitrogen and oxygen atoms in total. The van der Waals surface area contributed by atoms with Crippen molar-refractivity contribution in [2.75, 3.05) is 11.9 Å². The van der Waals surface area contributed by atoms with Crippen molar-refractivity contribution in [1.29, 1.82) is 0 Å². The van der Waals surface area contributed by atoms with Crippen molar-refractivity contribution < 1.29 is 32.7 Å². The number of hydrogen-bond acceptors (Lipinski definition) is 1. The molecule has 0 amide bonds. The van der Waals surface area contributed by atoms with Gasteiger partial charge in [0.1, 0.15) is 0 Å². The van der Waals surface area contributed by atoms with Gasteiger partial charge in [-0.1, -0.05) is 18.2 Å². The van der Waals surface area contributed by atoms with Gasteiger partial charge in [-0.05, 0) is 19.2 Å². The van der Waals surface area contributed by atoms with Crippen LogP contribution in [0.5, 0.6) is 0 Å². The summed E-state index contributed by atoms with van der Waals surface area (Å²) in [6.45, 7) is 0. The van der Waals surface area contributed by atoms with E-state index in [1.54, 1.807) is 0 Å². The zero-order valence-electron chi connectivity index (χ0n) is 6.12. The molecule has 0 fully saturated rings. The molecule has 0 heterocycles. The Bertz CT molecular complexity index is 172. The van der Waals surface area contributed by atoms with Gasteiger partial charge in [-0.3, -0.25) is 7.05 Å². The summed E-state index contributed by atoms with van der Waals surface area (Å²) in [5.41, 5.74) is 1.14. The first-order chi connectivity index (χ1) is 4.30. The normalized spacial score (nSPS) is 8.20. The predicted octanol–water partition coefficient (Wildman–Crippen LogP) is 1.91. The molecule has 0 aliphatic heterocycles. The zero-order chi connectivity index (χ0) is 6.69. The van der Waals surface area contributed by atoms with Crippen molar-refractivity contribution in [2.24, 2.45) is 0 Å². The molecular weight excluding hydrogens is 199 g/mol. The first-order valence-corrected chi connectivity index (χ1v) is 2.90. The van der Waals surface area contributed by atoms with E-state index in [1.165, 1.54) is 0 Å². The molecule has 1 aromatic rings. The Labute approximate surface area is 87.3 Å². The fourth-order valence-corrected chi connectivity index (χ4v) is 0.682. The molecule has 0 saturated heterocycles. The van der Waals surface area contributed by atoms with Gasteiger partial charge in [0, 0.05) is 38.4 Å². The summed E-state index contributed by atoms with van der Waals surface area (Å²) in [5.74, 6) is 0. The zero-order valence-corrected chi connectivity index (χ0v) is 8.96. The molecule has 2 heteroatoms. The maximum atomic E-state index is 3.74. The maximum Gasteiger partial charge on any atom is 0.00664 e. The van der Waals surface area contributed by atoms with E-state index in [0.717, 1.165) is 5.69 Å². The van der Waals surface area contributed by atoms with Gasteiger partial charge in [0.25, 0.3) is 0 Å². The van der Waals surface area contributed by atoms with Gasteiger partial charge in [0.05, 0.1) is 0 Å². The molecular formula is C8H10NY-. The third-order valence-corrected chi connectivity index (χ3v) is 1.20. The number of para-hydroxylation sites is 1. The molecule has 51 valence electrons. The third-order valence-electron chi connectivity index (χ3n) is 1.20. The number of nitrogens with zero attached hydrogens (tertiary/aromatic N) is 1. The predicted molar refractivity (Wildman–Crippen MR) is 40.2 cm³/mol. The summed E-state index contributed by atoms with van der Waals surface area (Å²) in [5, 5.41) is 0. The van der Waals surface area contributed by atoms with Crippen LogP contribution in [0.1, 0.15) is 0 Å². The molecule has 1 radical (unpaired) electrons. The van der Waals surface area contributed by atoms with Crippen molar-refractivity contribution in [3.63, 3.8) is 0 Å². The molecule has 0 unspecified atom stereocenters. The molecule has 0 aromatic heterocycles. The second kappa shape index (κ2) is 4.87. The number of hydrogen-bond donors (Lipinski definition) is 0. The molecule has 1 rings (SSSR count). The molecule has 0 N–H and O–H groups in total. The molecule has 10 heavy (non-hydrogen) atoms. The molecule has 0 aliphatic carbocycles. The van der Waals surface area contributed by atoms with Crippen LogP contribution in [0.2, 0.25) is 0 Å². The van der Waals surface area contributed by atoms with E-state index in [4.69, 9.17) is 0 Å². The van der Waals surface area contributed by atoms with Gasteiger partial charge in [0.2, 0.25) is 0 Å². The van der Waals surface area contributed by atoms with Crippen LogP contribution in [0.15, 0.2) is 30.3 Å². The van der Waals surface area contributed by atoms with Crippen molar-refractivity contribution in [1.82, 2.24) is 0 Å². The van der Waals surface area contributed by atoms with Gasteiger partial charge in [-0.15, -0.1) is 0 Å². The van der Waals surface area contributed by atoms with Crippen LogP contribution in [-0.2, 0) is 32.7 Å². The molecule has 0 saturated carbocycles. The van der Waals surface area contributed by atoms with Crippen LogP contribution < -0.4 is 4.90 Å². The van der Waals surface area contributed by atoms with Gasteiger partial charge in [0.15, 0.2) is 0 Å². The molecule has 1 aromatic carbocycles. The van der Waals surface area contributed by atoms with Crippen molar-refractivity contribution in [2.45, 2.75) is 0 Å². The number of anilines is 1. The first-order valence-electron chi connectivity index (χ1n) is 2.90. The number of rotatable bonds is 1. The van der Waals surface area contributed by atoms with E-state index in [1.807, 2.05) is 42.3 Å². The average Bonchev–Trinajstić information content (AvgIpc) is 1.90. The van der Waals surface area contributed by atoms with Crippen LogP contribution in [0.25, 0.3) is 0 Å². The largest absolute Gasteiger partial charge is 0.528 e. The Morgan fingerprint density at radius 2 is 1.70 bits per heavy atom. The SMILES string of the molecule is [CH2-]N(C)c1ccccc1.[Y]. The fourth-order valence-electron chi connectivity index (χ4n) is 0.682. The van der Waals surface area contributed by atoms with Crippen LogP contribution >= 0.6 is 0 Å². The minimum absolute atomic E-state index is 0. The Balaban J connectivity index is 0.000000810. The molecule has 0 spiro atoms. The average molecular weight is 209 g/mol. The van der Waals surface area contributed by atoms with E-state index in [0.29, 0.717) is 0 Å². The van der Waals surface area contributed by atoms with Crippen molar-refractivity contribution >= 4 is 5.69 Å². The van der Waals surface area contributed by atoms with Gasteiger partial charge >= 0.3 is 0 Å². The maximum absolute atomic E-state index is 3.74. The minimum Gasteiger partial charge on any atom is -0.528 e. The summed E-state index contributed by atoms with van der Waals surface area (Å²) in [6, 6.07) is 10.0. The smallest absolute Gasteiger partial charge is 0.00664 e. The third kappa shape index (κ3) is 2.80. The van der Waals surface area contributed by atoms with E-state index in [9.17, 15) is 0 Å². The van der Waals surface area contributed by atoms with Gasteiger partial charge < -0.3 is 4.90 Å². The minimum atomic E-state index is 0. The quantitative estimate of drug-likeness (QED) is 0.638. The van der Waals surface area contributed by atoms with Crippen LogP contribution in [0.4, 0.5) is 5.69 Å². The topological polar surface area (TPSA) is 3.24 Å². The molecule has 0 bridgehead atoms. The monoisotopic (exact) mass is 209 g/mol. The second-order valence-corrected chi connectivity index (χ2v) is 2.03. The Kier molecular flexibility index (Phi) is 4.93. The van der Waals surface area contributed by atoms with Crippen molar-refractivity contribution in [3.8, 4) is 0 Å². The Morgan fingerprint density at radius 3 is 2.00 bits per heavy atom. The standard InChI is InChI=1S/C8H10N.Y/c1-9(2)8-6-4-3-5-7-8;/h3-7H,1H2,2H3;/q-1;. The van der Waals surface area contributed by atoms with Crippen molar-refractivity contribution in [3.05, 3.63) is 37.4 Å². The van der Waals surface area contributed by atoms with Crippen LogP contribution in [0.3, 0.4) is 0 Å². The van der Waals surface area contributed by atoms with Crippen LogP contribution in [0, 0.1) is 7.05 Å². The van der Waals surface area contributed by atoms with E-state index in [-0.39, 0.29) is 32.7 Å². The summed E-state index contributed by atoms with van der Waals surface area (Å²) >= 11 is 0. The summed E-state index contributed by atoms with van der Waals surface area (Å²) in [6.07, 6.45) is 0.